The van der Waals surface area contributed by atoms with E-state index in [1.807, 2.05) is 18.2 Å². The van der Waals surface area contributed by atoms with Crippen LogP contribution in [-0.2, 0) is 30.2 Å². The maximum absolute atomic E-state index is 12.9. The van der Waals surface area contributed by atoms with Gasteiger partial charge in [-0.1, -0.05) is 24.3 Å². The van der Waals surface area contributed by atoms with E-state index in [1.54, 1.807) is 0 Å². The summed E-state index contributed by atoms with van der Waals surface area (Å²) in [5.41, 5.74) is 3.57. The molecule has 3 nitrogen and oxygen atoms in total. The van der Waals surface area contributed by atoms with Crippen molar-refractivity contribution in [3.8, 4) is 5.75 Å². The lowest BCUT2D eigenvalue weighted by molar-refractivity contribution is -0.137. The van der Waals surface area contributed by atoms with E-state index in [0.717, 1.165) is 36.1 Å². The van der Waals surface area contributed by atoms with Crippen LogP contribution >= 0.6 is 0 Å². The van der Waals surface area contributed by atoms with Gasteiger partial charge >= 0.3 is 6.18 Å². The highest BCUT2D eigenvalue weighted by molar-refractivity contribution is 5.99. The molecule has 0 unspecified atom stereocenters. The average molecular weight is 402 g/mol. The molecule has 152 valence electrons. The van der Waals surface area contributed by atoms with E-state index in [1.165, 1.54) is 17.7 Å². The van der Waals surface area contributed by atoms with Crippen molar-refractivity contribution >= 4 is 11.4 Å². The number of carbonyl (C=O) groups excluding carboxylic acids is 1. The number of ether oxygens (including phenoxy) is 1. The van der Waals surface area contributed by atoms with Crippen LogP contribution in [-0.4, -0.2) is 23.6 Å². The second-order valence-electron chi connectivity index (χ2n) is 7.57. The molecule has 0 saturated carbocycles. The number of allylic oxidation sites excluding steroid dienone is 1. The van der Waals surface area contributed by atoms with Crippen LogP contribution in [0.25, 0.3) is 5.57 Å². The molecule has 2 aromatic rings. The van der Waals surface area contributed by atoms with E-state index in [4.69, 9.17) is 4.74 Å². The molecule has 1 aliphatic carbocycles. The predicted octanol–water partition coefficient (Wildman–Crippen LogP) is 4.53. The van der Waals surface area contributed by atoms with E-state index in [9.17, 15) is 23.1 Å². The van der Waals surface area contributed by atoms with Gasteiger partial charge in [-0.15, -0.1) is 0 Å². The monoisotopic (exact) mass is 402 g/mol. The minimum atomic E-state index is -4.44. The molecule has 0 fully saturated rings. The van der Waals surface area contributed by atoms with Gasteiger partial charge < -0.3 is 9.84 Å². The number of halogens is 3. The Hall–Kier alpha value is -2.60. The Kier molecular flexibility index (Phi) is 5.21. The fourth-order valence-electron chi connectivity index (χ4n) is 4.08. The maximum atomic E-state index is 12.9. The van der Waals surface area contributed by atoms with Crippen molar-refractivity contribution in [2.75, 3.05) is 6.61 Å². The van der Waals surface area contributed by atoms with Gasteiger partial charge in [0.25, 0.3) is 0 Å². The van der Waals surface area contributed by atoms with E-state index < -0.39 is 11.7 Å². The molecule has 1 atom stereocenters. The standard InChI is InChI=1S/C23H21F3O3/c24-23(25,26)17-5-7-20-16(8-9-29-22(20)12-17)11-19(28)10-15-3-1-2-14-4-6-18(27)13-21(14)15/h1-3,5,7,11-12,18,27H,4,6,8-10,13H2/b16-11+/t18-/m0/s1. The van der Waals surface area contributed by atoms with Crippen molar-refractivity contribution < 1.29 is 27.8 Å². The summed E-state index contributed by atoms with van der Waals surface area (Å²) in [5, 5.41) is 9.97. The SMILES string of the molecule is O=C(/C=C1\CCOc2cc(C(F)(F)F)ccc21)Cc1cccc2c1C[C@@H](O)CC2. The van der Waals surface area contributed by atoms with Crippen LogP contribution in [0.5, 0.6) is 5.75 Å². The molecule has 4 rings (SSSR count). The Bertz CT molecular complexity index is 976. The van der Waals surface area contributed by atoms with Crippen LogP contribution in [0.15, 0.2) is 42.5 Å². The Balaban J connectivity index is 1.58. The first kappa shape index (κ1) is 19.7. The maximum Gasteiger partial charge on any atom is 0.416 e. The van der Waals surface area contributed by atoms with Crippen LogP contribution in [0.3, 0.4) is 0 Å². The molecule has 1 N–H and O–H groups in total. The zero-order valence-electron chi connectivity index (χ0n) is 15.8. The third kappa shape index (κ3) is 4.22. The van der Waals surface area contributed by atoms with E-state index >= 15 is 0 Å². The van der Waals surface area contributed by atoms with Crippen molar-refractivity contribution in [2.24, 2.45) is 0 Å². The van der Waals surface area contributed by atoms with Crippen LogP contribution in [0.2, 0.25) is 0 Å². The zero-order valence-corrected chi connectivity index (χ0v) is 15.8. The number of hydrogen-bond acceptors (Lipinski definition) is 3. The third-order valence-electron chi connectivity index (χ3n) is 5.54. The molecule has 0 radical (unpaired) electrons. The molecule has 0 bridgehead atoms. The molecule has 0 spiro atoms. The van der Waals surface area contributed by atoms with Gasteiger partial charge in [-0.3, -0.25) is 4.79 Å². The van der Waals surface area contributed by atoms with Crippen LogP contribution in [0, 0.1) is 0 Å². The summed E-state index contributed by atoms with van der Waals surface area (Å²) in [7, 11) is 0. The number of benzene rings is 2. The molecule has 2 aromatic carbocycles. The van der Waals surface area contributed by atoms with Gasteiger partial charge in [-0.05, 0) is 59.7 Å². The number of aryl methyl sites for hydroxylation is 1. The highest BCUT2D eigenvalue weighted by Gasteiger charge is 2.32. The molecular weight excluding hydrogens is 381 g/mol. The molecule has 0 saturated heterocycles. The van der Waals surface area contributed by atoms with Crippen LogP contribution in [0.1, 0.15) is 40.7 Å². The van der Waals surface area contributed by atoms with Gasteiger partial charge in [0.2, 0.25) is 0 Å². The third-order valence-corrected chi connectivity index (χ3v) is 5.54. The summed E-state index contributed by atoms with van der Waals surface area (Å²) in [4.78, 5) is 12.7. The van der Waals surface area contributed by atoms with Gasteiger partial charge in [0.05, 0.1) is 18.3 Å². The van der Waals surface area contributed by atoms with Gasteiger partial charge in [0.1, 0.15) is 5.75 Å². The normalized spacial score (nSPS) is 20.0. The topological polar surface area (TPSA) is 46.5 Å². The number of rotatable bonds is 3. The summed E-state index contributed by atoms with van der Waals surface area (Å²) in [6.45, 7) is 0.236. The fourth-order valence-corrected chi connectivity index (χ4v) is 4.08. The number of alkyl halides is 3. The summed E-state index contributed by atoms with van der Waals surface area (Å²) in [5.74, 6) is 0.0477. The molecule has 2 aliphatic rings. The Morgan fingerprint density at radius 3 is 2.83 bits per heavy atom. The van der Waals surface area contributed by atoms with Gasteiger partial charge in [-0.25, -0.2) is 0 Å². The van der Waals surface area contributed by atoms with Gasteiger partial charge in [0, 0.05) is 18.4 Å². The van der Waals surface area contributed by atoms with E-state index in [2.05, 4.69) is 0 Å². The van der Waals surface area contributed by atoms with Crippen molar-refractivity contribution in [1.29, 1.82) is 0 Å². The quantitative estimate of drug-likeness (QED) is 0.768. The number of hydrogen-bond donors (Lipinski definition) is 1. The second-order valence-corrected chi connectivity index (χ2v) is 7.57. The Morgan fingerprint density at radius 1 is 1.21 bits per heavy atom. The number of aliphatic hydroxyl groups excluding tert-OH is 1. The molecule has 29 heavy (non-hydrogen) atoms. The lowest BCUT2D eigenvalue weighted by Gasteiger charge is -2.23. The summed E-state index contributed by atoms with van der Waals surface area (Å²) in [6.07, 6.45) is -0.558. The largest absolute Gasteiger partial charge is 0.493 e. The lowest BCUT2D eigenvalue weighted by Crippen LogP contribution is -2.20. The second kappa shape index (κ2) is 7.67. The van der Waals surface area contributed by atoms with Gasteiger partial charge in [0.15, 0.2) is 5.78 Å². The fraction of sp³-hybridized carbons (Fsp3) is 0.348. The molecule has 1 aliphatic heterocycles. The Morgan fingerprint density at radius 2 is 2.03 bits per heavy atom. The lowest BCUT2D eigenvalue weighted by atomic mass is 9.85. The smallest absolute Gasteiger partial charge is 0.416 e. The predicted molar refractivity (Wildman–Crippen MR) is 103 cm³/mol. The summed E-state index contributed by atoms with van der Waals surface area (Å²) >= 11 is 0. The van der Waals surface area contributed by atoms with E-state index in [-0.39, 0.29) is 30.7 Å². The minimum Gasteiger partial charge on any atom is -0.493 e. The molecule has 1 heterocycles. The summed E-state index contributed by atoms with van der Waals surface area (Å²) in [6, 6.07) is 9.23. The van der Waals surface area contributed by atoms with E-state index in [0.29, 0.717) is 24.0 Å². The first-order valence-electron chi connectivity index (χ1n) is 9.67. The highest BCUT2D eigenvalue weighted by Crippen LogP contribution is 2.38. The molecule has 6 heteroatoms. The van der Waals surface area contributed by atoms with Crippen molar-refractivity contribution in [2.45, 2.75) is 44.4 Å². The molecular formula is C23H21F3O3. The average Bonchev–Trinajstić information content (AvgIpc) is 2.67. The summed E-state index contributed by atoms with van der Waals surface area (Å²) < 4.78 is 44.2. The number of carbonyl (C=O) groups is 1. The van der Waals surface area contributed by atoms with Crippen molar-refractivity contribution in [3.63, 3.8) is 0 Å². The molecule has 0 amide bonds. The number of fused-ring (bicyclic) bond motifs is 2. The zero-order chi connectivity index (χ0) is 20.6. The van der Waals surface area contributed by atoms with Crippen molar-refractivity contribution in [1.82, 2.24) is 0 Å². The molecule has 0 aromatic heterocycles. The van der Waals surface area contributed by atoms with Crippen LogP contribution < -0.4 is 4.74 Å². The number of ketones is 1. The first-order chi connectivity index (χ1) is 13.8. The van der Waals surface area contributed by atoms with Gasteiger partial charge in [-0.2, -0.15) is 13.2 Å². The minimum absolute atomic E-state index is 0.110. The number of aliphatic hydroxyl groups is 1. The van der Waals surface area contributed by atoms with Crippen molar-refractivity contribution in [3.05, 3.63) is 70.3 Å². The highest BCUT2D eigenvalue weighted by atomic mass is 19.4. The Labute approximate surface area is 166 Å². The van der Waals surface area contributed by atoms with Crippen LogP contribution in [0.4, 0.5) is 13.2 Å². The first-order valence-corrected chi connectivity index (χ1v) is 9.67.